The van der Waals surface area contributed by atoms with Crippen molar-refractivity contribution in [3.63, 3.8) is 0 Å². The molecule has 0 amide bonds. The fourth-order valence-corrected chi connectivity index (χ4v) is 9.11. The van der Waals surface area contributed by atoms with Crippen molar-refractivity contribution >= 4 is 44.1 Å². The number of rotatable bonds is 8. The maximum atomic E-state index is 6.86. The second-order valence-corrected chi connectivity index (χ2v) is 16.6. The molecule has 322 valence electrons. The summed E-state index contributed by atoms with van der Waals surface area (Å²) in [6.45, 7) is 0. The van der Waals surface area contributed by atoms with Crippen LogP contribution in [0.2, 0.25) is 0 Å². The van der Waals surface area contributed by atoms with Crippen molar-refractivity contribution in [2.24, 2.45) is 0 Å². The van der Waals surface area contributed by atoms with E-state index in [4.69, 9.17) is 49.3 Å². The van der Waals surface area contributed by atoms with Gasteiger partial charge < -0.3 is 39.4 Å². The molecule has 0 N–H and O–H groups in total. The number of nitrogens with zero attached hydrogens (tertiary/aromatic N) is 8. The maximum absolute atomic E-state index is 6.86. The van der Waals surface area contributed by atoms with E-state index in [-0.39, 0.29) is 31.7 Å². The minimum Gasteiger partial charge on any atom is -0.481 e. The molecule has 0 saturated carbocycles. The van der Waals surface area contributed by atoms with E-state index in [9.17, 15) is 0 Å². The summed E-state index contributed by atoms with van der Waals surface area (Å²) in [4.78, 5) is 41.2. The predicted octanol–water partition coefficient (Wildman–Crippen LogP) is 12.5. The summed E-state index contributed by atoms with van der Waals surface area (Å²) in [7, 11) is 0. The van der Waals surface area contributed by atoms with E-state index >= 15 is 0 Å². The molecule has 0 saturated heterocycles. The zero-order valence-corrected chi connectivity index (χ0v) is 39.9. The Morgan fingerprint density at radius 1 is 0.290 bits per heavy atom. The van der Waals surface area contributed by atoms with Crippen molar-refractivity contribution in [1.29, 1.82) is 0 Å². The van der Waals surface area contributed by atoms with Crippen LogP contribution in [0.5, 0.6) is 11.5 Å². The molecule has 11 heteroatoms. The molecule has 13 rings (SSSR count). The average molecular weight is 942 g/mol. The molecule has 8 bridgehead atoms. The van der Waals surface area contributed by atoms with E-state index in [0.717, 1.165) is 66.1 Å². The molecule has 2 aliphatic heterocycles. The van der Waals surface area contributed by atoms with Crippen molar-refractivity contribution in [2.75, 3.05) is 0 Å². The van der Waals surface area contributed by atoms with Crippen LogP contribution in [0.15, 0.2) is 206 Å². The molecule has 3 aromatic heterocycles. The molecule has 8 aromatic carbocycles. The molecule has 2 aliphatic rings. The van der Waals surface area contributed by atoms with Crippen LogP contribution in [0, 0.1) is 0 Å². The number of fused-ring (bicyclic) bond motifs is 20. The first-order chi connectivity index (χ1) is 33.7. The van der Waals surface area contributed by atoms with Gasteiger partial charge >= 0.3 is 19.5 Å². The molecule has 10 nitrogen and oxygen atoms in total. The first-order valence-electron chi connectivity index (χ1n) is 22.4. The predicted molar refractivity (Wildman–Crippen MR) is 265 cm³/mol. The Labute approximate surface area is 408 Å². The van der Waals surface area contributed by atoms with Crippen LogP contribution in [0.3, 0.4) is 0 Å². The summed E-state index contributed by atoms with van der Waals surface area (Å²) in [6.07, 6.45) is -0.714. The number of hydrogen-bond acceptors (Lipinski definition) is 8. The maximum Gasteiger partial charge on any atom is 2.00 e. The van der Waals surface area contributed by atoms with Crippen molar-refractivity contribution in [2.45, 2.75) is 12.2 Å². The van der Waals surface area contributed by atoms with E-state index < -0.39 is 0 Å². The van der Waals surface area contributed by atoms with Crippen LogP contribution >= 0.6 is 0 Å². The molecular weight excluding hydrogens is 906 g/mol. The number of hydrogen-bond donors (Lipinski definition) is 0. The fourth-order valence-electron chi connectivity index (χ4n) is 9.11. The second-order valence-electron chi connectivity index (χ2n) is 16.6. The molecule has 11 aromatic rings. The first kappa shape index (κ1) is 41.8. The van der Waals surface area contributed by atoms with E-state index in [0.29, 0.717) is 57.4 Å². The Kier molecular flexibility index (Phi) is 10.6. The van der Waals surface area contributed by atoms with Gasteiger partial charge in [0.05, 0.1) is 23.3 Å². The van der Waals surface area contributed by atoms with Crippen molar-refractivity contribution < 1.29 is 29.0 Å². The third-order valence-electron chi connectivity index (χ3n) is 12.4. The van der Waals surface area contributed by atoms with Crippen LogP contribution in [0.1, 0.15) is 34.5 Å². The minimum atomic E-state index is -0.357. The van der Waals surface area contributed by atoms with Gasteiger partial charge in [0.2, 0.25) is 0 Å². The number of aromatic nitrogens is 8. The van der Waals surface area contributed by atoms with Gasteiger partial charge in [0.1, 0.15) is 23.7 Å². The largest absolute Gasteiger partial charge is 2.00 e. The van der Waals surface area contributed by atoms with Crippen LogP contribution < -0.4 is 19.4 Å². The fraction of sp³-hybridized carbons (Fsp3) is 0.0345. The van der Waals surface area contributed by atoms with Crippen molar-refractivity contribution in [3.8, 4) is 57.1 Å². The topological polar surface area (TPSA) is 124 Å². The van der Waals surface area contributed by atoms with Gasteiger partial charge in [0.25, 0.3) is 0 Å². The summed E-state index contributed by atoms with van der Waals surface area (Å²) in [6, 6.07) is 68.7. The Hall–Kier alpha value is -8.66. The van der Waals surface area contributed by atoms with Crippen LogP contribution in [0.4, 0.5) is 0 Å². The normalized spacial score (nSPS) is 11.6. The Morgan fingerprint density at radius 3 is 0.870 bits per heavy atom. The SMILES string of the molecule is [Zn+2].c1ccc(C(Oc2ccc3c(c2)-c2nc-3nc3[n-]c(nc4nc(nc5[n-]c(n2)c2ccccc52)-c2ccc(OC(c5ccccc5)c5ccccc5)cc2-4)c2ccccc32)c2ccccc2)cc1. The molecule has 0 fully saturated rings. The Bertz CT molecular complexity index is 3550. The average Bonchev–Trinajstić information content (AvgIpc) is 4.14. The second kappa shape index (κ2) is 17.5. The van der Waals surface area contributed by atoms with Crippen LogP contribution in [-0.4, -0.2) is 29.9 Å². The van der Waals surface area contributed by atoms with Gasteiger partial charge in [-0.05, 0) is 80.2 Å². The van der Waals surface area contributed by atoms with E-state index in [1.165, 1.54) is 0 Å². The summed E-state index contributed by atoms with van der Waals surface area (Å²) in [5.41, 5.74) is 9.10. The Morgan fingerprint density at radius 2 is 0.565 bits per heavy atom. The van der Waals surface area contributed by atoms with Gasteiger partial charge in [-0.2, -0.15) is 0 Å². The molecule has 0 atom stereocenters. The van der Waals surface area contributed by atoms with Gasteiger partial charge in [-0.15, -0.1) is 0 Å². The van der Waals surface area contributed by atoms with Gasteiger partial charge in [0.15, 0.2) is 0 Å². The minimum absolute atomic E-state index is 0. The van der Waals surface area contributed by atoms with Crippen molar-refractivity contribution in [1.82, 2.24) is 39.9 Å². The van der Waals surface area contributed by atoms with Gasteiger partial charge in [-0.1, -0.05) is 170 Å². The zero-order valence-electron chi connectivity index (χ0n) is 36.9. The molecule has 0 spiro atoms. The van der Waals surface area contributed by atoms with E-state index in [1.807, 2.05) is 158 Å². The summed E-state index contributed by atoms with van der Waals surface area (Å²) in [5.74, 6) is 3.11. The molecule has 5 heterocycles. The molecule has 69 heavy (non-hydrogen) atoms. The zero-order chi connectivity index (χ0) is 45.0. The van der Waals surface area contributed by atoms with Crippen LogP contribution in [0.25, 0.3) is 89.7 Å². The molecule has 0 unspecified atom stereocenters. The van der Waals surface area contributed by atoms with E-state index in [1.54, 1.807) is 0 Å². The standard InChI is InChI=1S/C58H36N8O2.Zn/c1-5-17-35(18-6-1)49(36-19-7-2-8-20-36)67-39-29-31-45-47(33-39)57-63-53-43-27-15-13-25-41(43)52(59-53)62-56-46-32-30-40(68-50(37-21-9-3-10-22-37)38-23-11-4-12-24-38)34-48(46)58(66-56)64-54-44-28-16-14-26-42(44)51(60-54)61-55(45)65-57;/h1-34,49-50H;/q-2;+2. The monoisotopic (exact) mass is 940 g/mol. The van der Waals surface area contributed by atoms with Gasteiger partial charge in [0, 0.05) is 44.8 Å². The smallest absolute Gasteiger partial charge is 0.481 e. The summed E-state index contributed by atoms with van der Waals surface area (Å²) >= 11 is 0. The molecule has 0 aliphatic carbocycles. The molecule has 0 radical (unpaired) electrons. The van der Waals surface area contributed by atoms with Gasteiger partial charge in [-0.3, -0.25) is 0 Å². The Balaban J connectivity index is 0.00000492. The summed E-state index contributed by atoms with van der Waals surface area (Å²) in [5, 5.41) is 3.29. The summed E-state index contributed by atoms with van der Waals surface area (Å²) < 4.78 is 13.7. The number of ether oxygens (including phenoxy) is 2. The van der Waals surface area contributed by atoms with E-state index in [2.05, 4.69) is 48.5 Å². The van der Waals surface area contributed by atoms with Crippen molar-refractivity contribution in [3.05, 3.63) is 229 Å². The third kappa shape index (κ3) is 7.69. The first-order valence-corrected chi connectivity index (χ1v) is 22.4. The van der Waals surface area contributed by atoms with Crippen LogP contribution in [-0.2, 0) is 19.5 Å². The quantitative estimate of drug-likeness (QED) is 0.136. The number of benzene rings is 8. The van der Waals surface area contributed by atoms with Gasteiger partial charge in [-0.25, -0.2) is 9.97 Å². The third-order valence-corrected chi connectivity index (χ3v) is 12.4. The molecular formula is C58H36N8O2Zn.